The van der Waals surface area contributed by atoms with Gasteiger partial charge in [-0.3, -0.25) is 9.69 Å². The molecule has 19 heavy (non-hydrogen) atoms. The van der Waals surface area contributed by atoms with Crippen LogP contribution in [0.4, 0.5) is 0 Å². The molecule has 2 aliphatic heterocycles. The lowest BCUT2D eigenvalue weighted by Gasteiger charge is -2.36. The van der Waals surface area contributed by atoms with E-state index < -0.39 is 0 Å². The zero-order valence-corrected chi connectivity index (χ0v) is 12.2. The van der Waals surface area contributed by atoms with E-state index in [0.29, 0.717) is 12.0 Å². The second-order valence-corrected chi connectivity index (χ2v) is 5.74. The van der Waals surface area contributed by atoms with Crippen LogP contribution in [0.15, 0.2) is 0 Å². The number of rotatable bonds is 5. The standard InChI is InChI=1S/C14H27N3O2/c1-12(2)19-11-10-16-6-8-17(9-7-16)14(18)13-4-3-5-15-13/h12-13,15H,3-11H2,1-2H3/t13-/m0/s1. The molecule has 1 N–H and O–H groups in total. The van der Waals surface area contributed by atoms with Crippen LogP contribution in [0.25, 0.3) is 0 Å². The molecule has 5 nitrogen and oxygen atoms in total. The van der Waals surface area contributed by atoms with Crippen LogP contribution in [0.5, 0.6) is 0 Å². The van der Waals surface area contributed by atoms with E-state index >= 15 is 0 Å². The lowest BCUT2D eigenvalue weighted by molar-refractivity contribution is -0.134. The molecule has 2 rings (SSSR count). The van der Waals surface area contributed by atoms with Crippen LogP contribution in [-0.2, 0) is 9.53 Å². The number of nitrogens with zero attached hydrogens (tertiary/aromatic N) is 2. The lowest BCUT2D eigenvalue weighted by atomic mass is 10.2. The summed E-state index contributed by atoms with van der Waals surface area (Å²) in [7, 11) is 0. The number of carbonyl (C=O) groups excluding carboxylic acids is 1. The molecular formula is C14H27N3O2. The molecule has 0 unspecified atom stereocenters. The molecule has 1 amide bonds. The van der Waals surface area contributed by atoms with Gasteiger partial charge in [0.2, 0.25) is 5.91 Å². The lowest BCUT2D eigenvalue weighted by Crippen LogP contribution is -2.53. The van der Waals surface area contributed by atoms with E-state index in [0.717, 1.165) is 58.7 Å². The van der Waals surface area contributed by atoms with Gasteiger partial charge in [0.25, 0.3) is 0 Å². The fourth-order valence-electron chi connectivity index (χ4n) is 2.73. The third-order valence-electron chi connectivity index (χ3n) is 3.90. The van der Waals surface area contributed by atoms with Crippen molar-refractivity contribution in [2.24, 2.45) is 0 Å². The zero-order chi connectivity index (χ0) is 13.7. The van der Waals surface area contributed by atoms with Crippen molar-refractivity contribution in [3.8, 4) is 0 Å². The van der Waals surface area contributed by atoms with Gasteiger partial charge in [-0.1, -0.05) is 0 Å². The molecule has 0 aromatic rings. The van der Waals surface area contributed by atoms with Crippen LogP contribution in [0.2, 0.25) is 0 Å². The van der Waals surface area contributed by atoms with Gasteiger partial charge in [0.1, 0.15) is 0 Å². The van der Waals surface area contributed by atoms with Gasteiger partial charge < -0.3 is 15.0 Å². The molecule has 2 saturated heterocycles. The van der Waals surface area contributed by atoms with Crippen LogP contribution >= 0.6 is 0 Å². The first-order valence-electron chi connectivity index (χ1n) is 7.53. The van der Waals surface area contributed by atoms with Gasteiger partial charge in [-0.05, 0) is 33.2 Å². The van der Waals surface area contributed by atoms with E-state index in [1.807, 2.05) is 4.90 Å². The molecule has 0 spiro atoms. The average Bonchev–Trinajstić information content (AvgIpc) is 2.92. The van der Waals surface area contributed by atoms with Crippen LogP contribution in [0.3, 0.4) is 0 Å². The van der Waals surface area contributed by atoms with Crippen molar-refractivity contribution in [1.29, 1.82) is 0 Å². The number of ether oxygens (including phenoxy) is 1. The van der Waals surface area contributed by atoms with Gasteiger partial charge in [-0.15, -0.1) is 0 Å². The Hall–Kier alpha value is -0.650. The van der Waals surface area contributed by atoms with Crippen molar-refractivity contribution in [3.63, 3.8) is 0 Å². The summed E-state index contributed by atoms with van der Waals surface area (Å²) in [5, 5.41) is 3.29. The average molecular weight is 269 g/mol. The molecule has 110 valence electrons. The van der Waals surface area contributed by atoms with E-state index in [9.17, 15) is 4.79 Å². The summed E-state index contributed by atoms with van der Waals surface area (Å²) in [5.41, 5.74) is 0. The number of hydrogen-bond donors (Lipinski definition) is 1. The number of amides is 1. The molecule has 2 aliphatic rings. The first kappa shape index (κ1) is 14.8. The summed E-state index contributed by atoms with van der Waals surface area (Å²) in [6.07, 6.45) is 2.43. The Labute approximate surface area is 116 Å². The minimum Gasteiger partial charge on any atom is -0.377 e. The summed E-state index contributed by atoms with van der Waals surface area (Å²) in [4.78, 5) is 16.6. The third kappa shape index (κ3) is 4.44. The van der Waals surface area contributed by atoms with Crippen molar-refractivity contribution in [3.05, 3.63) is 0 Å². The highest BCUT2D eigenvalue weighted by Crippen LogP contribution is 2.11. The zero-order valence-electron chi connectivity index (χ0n) is 12.2. The van der Waals surface area contributed by atoms with Crippen molar-refractivity contribution in [2.45, 2.75) is 38.8 Å². The minimum atomic E-state index is 0.0795. The Kier molecular flexibility index (Phi) is 5.60. The summed E-state index contributed by atoms with van der Waals surface area (Å²) >= 11 is 0. The number of nitrogens with one attached hydrogen (secondary N) is 1. The monoisotopic (exact) mass is 269 g/mol. The Morgan fingerprint density at radius 3 is 2.63 bits per heavy atom. The predicted molar refractivity (Wildman–Crippen MR) is 75.1 cm³/mol. The molecule has 0 aromatic heterocycles. The molecule has 2 fully saturated rings. The highest BCUT2D eigenvalue weighted by molar-refractivity contribution is 5.82. The van der Waals surface area contributed by atoms with Gasteiger partial charge in [0, 0.05) is 32.7 Å². The Morgan fingerprint density at radius 1 is 1.32 bits per heavy atom. The molecule has 0 aliphatic carbocycles. The van der Waals surface area contributed by atoms with Crippen molar-refractivity contribution < 1.29 is 9.53 Å². The summed E-state index contributed by atoms with van der Waals surface area (Å²) < 4.78 is 5.57. The van der Waals surface area contributed by atoms with E-state index in [2.05, 4.69) is 24.1 Å². The Bertz CT molecular complexity index is 282. The first-order valence-corrected chi connectivity index (χ1v) is 7.53. The first-order chi connectivity index (χ1) is 9.16. The molecule has 0 bridgehead atoms. The fraction of sp³-hybridized carbons (Fsp3) is 0.929. The van der Waals surface area contributed by atoms with Crippen LogP contribution in [0.1, 0.15) is 26.7 Å². The summed E-state index contributed by atoms with van der Waals surface area (Å²) in [6, 6.07) is 0.0795. The van der Waals surface area contributed by atoms with Gasteiger partial charge in [0.05, 0.1) is 18.8 Å². The van der Waals surface area contributed by atoms with Crippen molar-refractivity contribution >= 4 is 5.91 Å². The third-order valence-corrected chi connectivity index (χ3v) is 3.90. The Balaban J connectivity index is 1.65. The quantitative estimate of drug-likeness (QED) is 0.780. The van der Waals surface area contributed by atoms with Gasteiger partial charge in [-0.25, -0.2) is 0 Å². The maximum absolute atomic E-state index is 12.2. The van der Waals surface area contributed by atoms with Crippen LogP contribution in [-0.4, -0.2) is 73.7 Å². The topological polar surface area (TPSA) is 44.8 Å². The molecule has 1 atom stereocenters. The van der Waals surface area contributed by atoms with E-state index in [1.165, 1.54) is 0 Å². The Morgan fingerprint density at radius 2 is 2.05 bits per heavy atom. The summed E-state index contributed by atoms with van der Waals surface area (Å²) in [6.45, 7) is 10.5. The second kappa shape index (κ2) is 7.22. The number of hydrogen-bond acceptors (Lipinski definition) is 4. The summed E-state index contributed by atoms with van der Waals surface area (Å²) in [5.74, 6) is 0.301. The largest absolute Gasteiger partial charge is 0.377 e. The molecular weight excluding hydrogens is 242 g/mol. The second-order valence-electron chi connectivity index (χ2n) is 5.74. The maximum Gasteiger partial charge on any atom is 0.239 e. The number of carbonyl (C=O) groups is 1. The number of piperazine rings is 1. The molecule has 0 aromatic carbocycles. The van der Waals surface area contributed by atoms with E-state index in [1.54, 1.807) is 0 Å². The van der Waals surface area contributed by atoms with Crippen molar-refractivity contribution in [1.82, 2.24) is 15.1 Å². The minimum absolute atomic E-state index is 0.0795. The van der Waals surface area contributed by atoms with Crippen molar-refractivity contribution in [2.75, 3.05) is 45.9 Å². The molecule has 5 heteroatoms. The molecule has 0 saturated carbocycles. The molecule has 2 heterocycles. The van der Waals surface area contributed by atoms with E-state index in [-0.39, 0.29) is 6.04 Å². The van der Waals surface area contributed by atoms with Gasteiger partial charge in [0.15, 0.2) is 0 Å². The highest BCUT2D eigenvalue weighted by Gasteiger charge is 2.28. The fourth-order valence-corrected chi connectivity index (χ4v) is 2.73. The van der Waals surface area contributed by atoms with Crippen LogP contribution < -0.4 is 5.32 Å². The molecule has 0 radical (unpaired) electrons. The van der Waals surface area contributed by atoms with Gasteiger partial charge >= 0.3 is 0 Å². The van der Waals surface area contributed by atoms with Crippen LogP contribution in [0, 0.1) is 0 Å². The maximum atomic E-state index is 12.2. The smallest absolute Gasteiger partial charge is 0.239 e. The van der Waals surface area contributed by atoms with E-state index in [4.69, 9.17) is 4.74 Å². The SMILES string of the molecule is CC(C)OCCN1CCN(C(=O)[C@@H]2CCCN2)CC1. The predicted octanol–water partition coefficient (Wildman–Crippen LogP) is 0.308. The highest BCUT2D eigenvalue weighted by atomic mass is 16.5. The normalized spacial score (nSPS) is 25.2. The van der Waals surface area contributed by atoms with Gasteiger partial charge in [-0.2, -0.15) is 0 Å².